The molecule has 2 aliphatic rings. The quantitative estimate of drug-likeness (QED) is 0.543. The third-order valence-electron chi connectivity index (χ3n) is 6.59. The number of carbonyl (C=O) groups is 1. The van der Waals surface area contributed by atoms with Crippen molar-refractivity contribution in [1.82, 2.24) is 14.0 Å². The molecule has 1 saturated heterocycles. The molecule has 3 heterocycles. The van der Waals surface area contributed by atoms with Gasteiger partial charge in [0.25, 0.3) is 5.91 Å². The zero-order valence-corrected chi connectivity index (χ0v) is 17.0. The molecule has 6 nitrogen and oxygen atoms in total. The smallest absolute Gasteiger partial charge is 0.336 e. The zero-order valence-electron chi connectivity index (χ0n) is 17.0. The Morgan fingerprint density at radius 2 is 1.81 bits per heavy atom. The molecule has 1 fully saturated rings. The highest BCUT2D eigenvalue weighted by atomic mass is 16.3. The lowest BCUT2D eigenvalue weighted by molar-refractivity contribution is 0.0711. The first kappa shape index (κ1) is 18.0. The number of aromatic nitrogens is 2. The van der Waals surface area contributed by atoms with Gasteiger partial charge in [-0.1, -0.05) is 54.1 Å². The molecule has 0 spiro atoms. The lowest BCUT2D eigenvalue weighted by Crippen LogP contribution is -2.37. The number of aryl methyl sites for hydroxylation is 1. The summed E-state index contributed by atoms with van der Waals surface area (Å²) in [5.74, 6) is -0.136. The number of hydrogen-bond acceptors (Lipinski definition) is 3. The number of imidazole rings is 1. The number of rotatable bonds is 2. The van der Waals surface area contributed by atoms with Crippen LogP contribution in [-0.4, -0.2) is 31.6 Å². The van der Waals surface area contributed by atoms with Crippen molar-refractivity contribution in [1.29, 1.82) is 0 Å². The van der Waals surface area contributed by atoms with Crippen molar-refractivity contribution in [2.75, 3.05) is 6.54 Å². The topological polar surface area (TPSA) is 67.5 Å². The molecular formula is C25H21N3O3. The van der Waals surface area contributed by atoms with Gasteiger partial charge < -0.3 is 10.0 Å². The fourth-order valence-electron chi connectivity index (χ4n) is 5.23. The summed E-state index contributed by atoms with van der Waals surface area (Å²) >= 11 is 0. The molecule has 4 aromatic rings. The van der Waals surface area contributed by atoms with Crippen LogP contribution < -0.4 is 5.69 Å². The van der Waals surface area contributed by atoms with Crippen LogP contribution >= 0.6 is 0 Å². The van der Waals surface area contributed by atoms with E-state index in [0.29, 0.717) is 29.9 Å². The maximum Gasteiger partial charge on any atom is 0.336 e. The first-order valence-corrected chi connectivity index (χ1v) is 10.5. The first-order valence-electron chi connectivity index (χ1n) is 10.5. The van der Waals surface area contributed by atoms with Crippen molar-refractivity contribution in [3.8, 4) is 11.6 Å². The highest BCUT2D eigenvalue weighted by Crippen LogP contribution is 2.49. The van der Waals surface area contributed by atoms with Crippen molar-refractivity contribution in [3.63, 3.8) is 0 Å². The van der Waals surface area contributed by atoms with E-state index >= 15 is 0 Å². The third-order valence-corrected chi connectivity index (χ3v) is 6.59. The Kier molecular flexibility index (Phi) is 3.69. The Hall–Kier alpha value is -3.80. The minimum absolute atomic E-state index is 0.0628. The monoisotopic (exact) mass is 411 g/mol. The van der Waals surface area contributed by atoms with Gasteiger partial charge in [0.2, 0.25) is 5.88 Å². The molecule has 1 aromatic heterocycles. The Labute approximate surface area is 178 Å². The van der Waals surface area contributed by atoms with Gasteiger partial charge in [-0.25, -0.2) is 9.36 Å². The van der Waals surface area contributed by atoms with Gasteiger partial charge in [-0.2, -0.15) is 0 Å². The molecule has 0 aliphatic carbocycles. The molecule has 1 N–H and O–H groups in total. The molecule has 6 rings (SSSR count). The van der Waals surface area contributed by atoms with Gasteiger partial charge in [-0.3, -0.25) is 9.36 Å². The first-order chi connectivity index (χ1) is 15.0. The molecule has 2 aliphatic heterocycles. The van der Waals surface area contributed by atoms with Gasteiger partial charge in [0.1, 0.15) is 5.69 Å². The normalized spacial score (nSPS) is 19.2. The molecule has 6 heteroatoms. The van der Waals surface area contributed by atoms with E-state index in [1.807, 2.05) is 73.7 Å². The van der Waals surface area contributed by atoms with Crippen LogP contribution in [0.4, 0.5) is 0 Å². The van der Waals surface area contributed by atoms with Crippen LogP contribution in [0.2, 0.25) is 0 Å². The summed E-state index contributed by atoms with van der Waals surface area (Å²) in [6, 6.07) is 20.6. The van der Waals surface area contributed by atoms with Gasteiger partial charge in [0, 0.05) is 17.5 Å². The predicted octanol–water partition coefficient (Wildman–Crippen LogP) is 3.95. The second-order valence-electron chi connectivity index (χ2n) is 8.43. The van der Waals surface area contributed by atoms with Crippen molar-refractivity contribution < 1.29 is 9.90 Å². The van der Waals surface area contributed by atoms with Crippen molar-refractivity contribution in [2.24, 2.45) is 0 Å². The number of nitrogens with zero attached hydrogens (tertiary/aromatic N) is 3. The lowest BCUT2D eigenvalue weighted by atomic mass is 10.1. The Bertz CT molecular complexity index is 1430. The Morgan fingerprint density at radius 3 is 2.65 bits per heavy atom. The van der Waals surface area contributed by atoms with Crippen LogP contribution in [0.15, 0.2) is 71.5 Å². The molecule has 2 unspecified atom stereocenters. The van der Waals surface area contributed by atoms with Crippen LogP contribution in [0, 0.1) is 6.92 Å². The average molecular weight is 411 g/mol. The van der Waals surface area contributed by atoms with Gasteiger partial charge in [-0.05, 0) is 36.9 Å². The highest BCUT2D eigenvalue weighted by Gasteiger charge is 2.49. The molecule has 2 bridgehead atoms. The fourth-order valence-corrected chi connectivity index (χ4v) is 5.23. The van der Waals surface area contributed by atoms with E-state index in [9.17, 15) is 14.7 Å². The number of carbonyl (C=O) groups excluding carboxylic acids is 1. The number of benzene rings is 3. The van der Waals surface area contributed by atoms with Crippen LogP contribution in [0.1, 0.15) is 40.1 Å². The van der Waals surface area contributed by atoms with Crippen LogP contribution in [-0.2, 0) is 0 Å². The van der Waals surface area contributed by atoms with Crippen LogP contribution in [0.3, 0.4) is 0 Å². The minimum atomic E-state index is -0.304. The van der Waals surface area contributed by atoms with Crippen LogP contribution in [0.25, 0.3) is 16.5 Å². The molecule has 154 valence electrons. The summed E-state index contributed by atoms with van der Waals surface area (Å²) in [5.41, 5.74) is 2.60. The second-order valence-corrected chi connectivity index (χ2v) is 8.43. The number of hydrogen-bond donors (Lipinski definition) is 1. The third kappa shape index (κ3) is 2.45. The minimum Gasteiger partial charge on any atom is -0.493 e. The van der Waals surface area contributed by atoms with E-state index in [0.717, 1.165) is 16.3 Å². The lowest BCUT2D eigenvalue weighted by Gasteiger charge is -2.27. The van der Waals surface area contributed by atoms with E-state index in [1.54, 1.807) is 9.47 Å². The van der Waals surface area contributed by atoms with Gasteiger partial charge in [0.15, 0.2) is 0 Å². The Morgan fingerprint density at radius 1 is 1.03 bits per heavy atom. The van der Waals surface area contributed by atoms with Crippen molar-refractivity contribution in [3.05, 3.63) is 94.0 Å². The number of likely N-dealkylation sites (tertiary alicyclic amines) is 1. The summed E-state index contributed by atoms with van der Waals surface area (Å²) in [5, 5.41) is 13.1. The summed E-state index contributed by atoms with van der Waals surface area (Å²) in [7, 11) is 0. The molecule has 0 radical (unpaired) electrons. The van der Waals surface area contributed by atoms with Gasteiger partial charge in [-0.15, -0.1) is 0 Å². The maximum absolute atomic E-state index is 13.4. The van der Waals surface area contributed by atoms with Gasteiger partial charge in [0.05, 0.1) is 17.8 Å². The van der Waals surface area contributed by atoms with Crippen LogP contribution in [0.5, 0.6) is 5.88 Å². The SMILES string of the molecule is Cc1cccc(C(=O)N2CC3CC2c2c(O)n(-c4cccc5ccccc45)c(=O)n23)c1. The van der Waals surface area contributed by atoms with Gasteiger partial charge >= 0.3 is 5.69 Å². The maximum atomic E-state index is 13.4. The molecule has 31 heavy (non-hydrogen) atoms. The van der Waals surface area contributed by atoms with E-state index < -0.39 is 0 Å². The largest absolute Gasteiger partial charge is 0.493 e. The molecule has 2 atom stereocenters. The summed E-state index contributed by atoms with van der Waals surface area (Å²) in [6.45, 7) is 2.43. The number of amides is 1. The Balaban J connectivity index is 1.47. The number of aromatic hydroxyl groups is 1. The summed E-state index contributed by atoms with van der Waals surface area (Å²) < 4.78 is 3.07. The van der Waals surface area contributed by atoms with E-state index in [1.165, 1.54) is 4.57 Å². The molecule has 1 amide bonds. The molecule has 3 aromatic carbocycles. The molecular weight excluding hydrogens is 390 g/mol. The number of fused-ring (bicyclic) bond motifs is 6. The standard InChI is InChI=1S/C25H21N3O3/c1-15-6-4-9-17(12-15)23(29)26-14-18-13-21(26)22-24(30)28(25(31)27(18)22)20-11-5-8-16-7-2-3-10-19(16)20/h2-12,18,21,30H,13-14H2,1H3. The molecule has 0 saturated carbocycles. The van der Waals surface area contributed by atoms with E-state index in [2.05, 4.69) is 0 Å². The van der Waals surface area contributed by atoms with Crippen molar-refractivity contribution in [2.45, 2.75) is 25.4 Å². The summed E-state index contributed by atoms with van der Waals surface area (Å²) in [6.07, 6.45) is 0.659. The second kappa shape index (κ2) is 6.35. The predicted molar refractivity (Wildman–Crippen MR) is 118 cm³/mol. The average Bonchev–Trinajstić information content (AvgIpc) is 3.44. The van der Waals surface area contributed by atoms with E-state index in [4.69, 9.17) is 0 Å². The van der Waals surface area contributed by atoms with E-state index in [-0.39, 0.29) is 29.6 Å². The fraction of sp³-hybridized carbons (Fsp3) is 0.200. The van der Waals surface area contributed by atoms with Crippen molar-refractivity contribution >= 4 is 16.7 Å². The zero-order chi connectivity index (χ0) is 21.3. The highest BCUT2D eigenvalue weighted by molar-refractivity contribution is 5.95. The summed E-state index contributed by atoms with van der Waals surface area (Å²) in [4.78, 5) is 28.4.